The molecule has 6 heteroatoms. The highest BCUT2D eigenvalue weighted by molar-refractivity contribution is 7.80. The average Bonchev–Trinajstić information content (AvgIpc) is 3.01. The van der Waals surface area contributed by atoms with Crippen LogP contribution in [0, 0.1) is 0 Å². The number of rotatable bonds is 3. The molecular weight excluding hydrogens is 330 g/mol. The third-order valence-electron chi connectivity index (χ3n) is 3.81. The number of halogens is 1. The maximum Gasteiger partial charge on any atom is 0.187 e. The Labute approximate surface area is 145 Å². The van der Waals surface area contributed by atoms with E-state index in [1.54, 1.807) is 12.1 Å². The van der Waals surface area contributed by atoms with Gasteiger partial charge >= 0.3 is 0 Å². The van der Waals surface area contributed by atoms with E-state index in [-0.39, 0.29) is 11.2 Å². The van der Waals surface area contributed by atoms with Crippen LogP contribution in [0.4, 0.5) is 0 Å². The van der Waals surface area contributed by atoms with Gasteiger partial charge in [-0.3, -0.25) is 0 Å². The molecule has 2 N–H and O–H groups in total. The van der Waals surface area contributed by atoms with Crippen molar-refractivity contribution in [2.45, 2.75) is 12.5 Å². The lowest BCUT2D eigenvalue weighted by molar-refractivity contribution is 0.371. The maximum absolute atomic E-state index is 5.95. The topological polar surface area (TPSA) is 50.8 Å². The van der Waals surface area contributed by atoms with Gasteiger partial charge in [-0.1, -0.05) is 35.9 Å². The molecule has 4 nitrogen and oxygen atoms in total. The Kier molecular flexibility index (Phi) is 4.50. The first-order valence-corrected chi connectivity index (χ1v) is 7.93. The third kappa shape index (κ3) is 3.30. The summed E-state index contributed by atoms with van der Waals surface area (Å²) in [6.07, 6.45) is 0.727. The van der Waals surface area contributed by atoms with Crippen LogP contribution < -0.4 is 10.5 Å². The van der Waals surface area contributed by atoms with Gasteiger partial charge in [-0.2, -0.15) is 5.10 Å². The Morgan fingerprint density at radius 3 is 2.43 bits per heavy atom. The van der Waals surface area contributed by atoms with Crippen molar-refractivity contribution in [3.63, 3.8) is 0 Å². The van der Waals surface area contributed by atoms with Crippen LogP contribution in [-0.4, -0.2) is 22.9 Å². The molecule has 0 aliphatic carbocycles. The zero-order valence-corrected chi connectivity index (χ0v) is 14.1. The lowest BCUT2D eigenvalue weighted by atomic mass is 9.98. The van der Waals surface area contributed by atoms with E-state index in [1.165, 1.54) is 0 Å². The molecule has 0 bridgehead atoms. The minimum absolute atomic E-state index is 0.0101. The molecule has 1 aliphatic heterocycles. The van der Waals surface area contributed by atoms with Crippen LogP contribution in [0.3, 0.4) is 0 Å². The number of methoxy groups -OCH3 is 1. The number of ether oxygens (including phenoxy) is 1. The van der Waals surface area contributed by atoms with Crippen molar-refractivity contribution in [1.29, 1.82) is 0 Å². The number of benzene rings is 2. The van der Waals surface area contributed by atoms with Crippen molar-refractivity contribution in [3.05, 3.63) is 64.7 Å². The van der Waals surface area contributed by atoms with Crippen LogP contribution in [-0.2, 0) is 0 Å². The molecule has 0 saturated carbocycles. The summed E-state index contributed by atoms with van der Waals surface area (Å²) in [5.74, 6) is 0.812. The predicted octanol–water partition coefficient (Wildman–Crippen LogP) is 3.74. The molecule has 0 aromatic heterocycles. The summed E-state index contributed by atoms with van der Waals surface area (Å²) >= 11 is 11.1. The number of hydrogen-bond acceptors (Lipinski definition) is 3. The quantitative estimate of drug-likeness (QED) is 0.861. The summed E-state index contributed by atoms with van der Waals surface area (Å²) in [6.45, 7) is 0. The highest BCUT2D eigenvalue weighted by Gasteiger charge is 2.30. The van der Waals surface area contributed by atoms with E-state index < -0.39 is 0 Å². The van der Waals surface area contributed by atoms with Gasteiger partial charge in [0, 0.05) is 11.4 Å². The molecule has 0 amide bonds. The zero-order chi connectivity index (χ0) is 16.4. The highest BCUT2D eigenvalue weighted by Crippen LogP contribution is 2.33. The molecule has 1 heterocycles. The molecule has 0 radical (unpaired) electrons. The predicted molar refractivity (Wildman–Crippen MR) is 97.0 cm³/mol. The van der Waals surface area contributed by atoms with Gasteiger partial charge < -0.3 is 10.5 Å². The van der Waals surface area contributed by atoms with Crippen LogP contribution in [0.1, 0.15) is 23.6 Å². The average molecular weight is 346 g/mol. The minimum Gasteiger partial charge on any atom is -0.497 e. The second-order valence-electron chi connectivity index (χ2n) is 5.23. The first-order chi connectivity index (χ1) is 11.1. The molecule has 0 spiro atoms. The molecule has 1 aliphatic rings. The summed E-state index contributed by atoms with van der Waals surface area (Å²) in [4.78, 5) is 0. The van der Waals surface area contributed by atoms with E-state index >= 15 is 0 Å². The monoisotopic (exact) mass is 345 g/mol. The molecular formula is C17H16ClN3OS. The van der Waals surface area contributed by atoms with Crippen LogP contribution >= 0.6 is 23.8 Å². The van der Waals surface area contributed by atoms with Crippen molar-refractivity contribution < 1.29 is 4.74 Å². The first kappa shape index (κ1) is 15.8. The second-order valence-corrected chi connectivity index (χ2v) is 6.08. The van der Waals surface area contributed by atoms with Crippen molar-refractivity contribution in [3.8, 4) is 5.75 Å². The van der Waals surface area contributed by atoms with Gasteiger partial charge in [-0.15, -0.1) is 0 Å². The first-order valence-electron chi connectivity index (χ1n) is 7.14. The fourth-order valence-corrected chi connectivity index (χ4v) is 2.91. The SMILES string of the molecule is COc1ccc([C@H]2CC(c3ccc(Cl)cc3)=NN2C(N)=S)cc1. The number of nitrogens with two attached hydrogens (primary N) is 1. The van der Waals surface area contributed by atoms with Gasteiger partial charge in [0.15, 0.2) is 5.11 Å². The normalized spacial score (nSPS) is 17.0. The summed E-state index contributed by atoms with van der Waals surface area (Å²) in [6, 6.07) is 15.5. The number of hydrogen-bond donors (Lipinski definition) is 1. The van der Waals surface area contributed by atoms with E-state index in [2.05, 4.69) is 5.10 Å². The Hall–Kier alpha value is -2.11. The Morgan fingerprint density at radius 2 is 1.87 bits per heavy atom. The fourth-order valence-electron chi connectivity index (χ4n) is 2.62. The van der Waals surface area contributed by atoms with Gasteiger partial charge in [-0.25, -0.2) is 5.01 Å². The van der Waals surface area contributed by atoms with Gasteiger partial charge in [0.25, 0.3) is 0 Å². The van der Waals surface area contributed by atoms with Crippen molar-refractivity contribution in [2.75, 3.05) is 7.11 Å². The van der Waals surface area contributed by atoms with E-state index in [4.69, 9.17) is 34.3 Å². The number of nitrogens with zero attached hydrogens (tertiary/aromatic N) is 2. The standard InChI is InChI=1S/C17H16ClN3OS/c1-22-14-8-4-12(5-9-14)16-10-15(20-21(16)17(19)23)11-2-6-13(18)7-3-11/h2-9,16H,10H2,1H3,(H2,19,23)/t16-/m1/s1. The second kappa shape index (κ2) is 6.56. The number of hydrazone groups is 1. The minimum atomic E-state index is -0.0101. The van der Waals surface area contributed by atoms with Crippen LogP contribution in [0.5, 0.6) is 5.75 Å². The lowest BCUT2D eigenvalue weighted by Crippen LogP contribution is -2.31. The Morgan fingerprint density at radius 1 is 1.22 bits per heavy atom. The molecule has 118 valence electrons. The largest absolute Gasteiger partial charge is 0.497 e. The molecule has 1 atom stereocenters. The molecule has 0 fully saturated rings. The van der Waals surface area contributed by atoms with E-state index in [0.29, 0.717) is 5.02 Å². The molecule has 23 heavy (non-hydrogen) atoms. The molecule has 0 unspecified atom stereocenters. The third-order valence-corrected chi connectivity index (χ3v) is 4.25. The van der Waals surface area contributed by atoms with E-state index in [0.717, 1.165) is 29.0 Å². The molecule has 2 aromatic carbocycles. The van der Waals surface area contributed by atoms with Crippen LogP contribution in [0.2, 0.25) is 5.02 Å². The Balaban J connectivity index is 1.90. The van der Waals surface area contributed by atoms with E-state index in [1.807, 2.05) is 48.5 Å². The van der Waals surface area contributed by atoms with Gasteiger partial charge in [-0.05, 0) is 47.6 Å². The van der Waals surface area contributed by atoms with Gasteiger partial charge in [0.1, 0.15) is 5.75 Å². The van der Waals surface area contributed by atoms with Crippen LogP contribution in [0.25, 0.3) is 0 Å². The summed E-state index contributed by atoms with van der Waals surface area (Å²) < 4.78 is 5.20. The van der Waals surface area contributed by atoms with Crippen molar-refractivity contribution in [2.24, 2.45) is 10.8 Å². The molecule has 0 saturated heterocycles. The fraction of sp³-hybridized carbons (Fsp3) is 0.176. The van der Waals surface area contributed by atoms with Crippen LogP contribution in [0.15, 0.2) is 53.6 Å². The summed E-state index contributed by atoms with van der Waals surface area (Å²) in [5, 5.41) is 7.25. The van der Waals surface area contributed by atoms with Gasteiger partial charge in [0.2, 0.25) is 0 Å². The Bertz CT molecular complexity index is 743. The molecule has 2 aromatic rings. The lowest BCUT2D eigenvalue weighted by Gasteiger charge is -2.22. The van der Waals surface area contributed by atoms with Gasteiger partial charge in [0.05, 0.1) is 18.9 Å². The summed E-state index contributed by atoms with van der Waals surface area (Å²) in [5.41, 5.74) is 8.90. The highest BCUT2D eigenvalue weighted by atomic mass is 35.5. The van der Waals surface area contributed by atoms with E-state index in [9.17, 15) is 0 Å². The van der Waals surface area contributed by atoms with Crippen molar-refractivity contribution in [1.82, 2.24) is 5.01 Å². The zero-order valence-electron chi connectivity index (χ0n) is 12.6. The summed E-state index contributed by atoms with van der Waals surface area (Å²) in [7, 11) is 1.65. The maximum atomic E-state index is 5.95. The smallest absolute Gasteiger partial charge is 0.187 e. The molecule has 3 rings (SSSR count). The number of thiocarbonyl (C=S) groups is 1. The van der Waals surface area contributed by atoms with Crippen molar-refractivity contribution >= 4 is 34.6 Å².